The Bertz CT molecular complexity index is 566. The van der Waals surface area contributed by atoms with Gasteiger partial charge in [0.05, 0.1) is 5.60 Å². The maximum Gasteiger partial charge on any atom is 0.164 e. The number of nitrogens with zero attached hydrogens (tertiary/aromatic N) is 3. The Hall–Kier alpha value is -1.82. The highest BCUT2D eigenvalue weighted by atomic mass is 19.2. The minimum atomic E-state index is -1.55. The van der Waals surface area contributed by atoms with Crippen LogP contribution in [0.5, 0.6) is 0 Å². The Labute approximate surface area is 103 Å². The maximum absolute atomic E-state index is 13.6. The lowest BCUT2D eigenvalue weighted by molar-refractivity contribution is 0.0500. The van der Waals surface area contributed by atoms with E-state index in [0.29, 0.717) is 5.82 Å². The fraction of sp³-hybridized carbons (Fsp3) is 0.333. The van der Waals surface area contributed by atoms with Gasteiger partial charge in [-0.1, -0.05) is 12.1 Å². The summed E-state index contributed by atoms with van der Waals surface area (Å²) in [7, 11) is 1.67. The molecule has 6 heteroatoms. The lowest BCUT2D eigenvalue weighted by Gasteiger charge is -2.23. The molecular formula is C12H13F2N3O. The summed E-state index contributed by atoms with van der Waals surface area (Å²) in [5.74, 6) is -1.53. The molecule has 0 saturated heterocycles. The zero-order valence-electron chi connectivity index (χ0n) is 10.1. The quantitative estimate of drug-likeness (QED) is 0.902. The first kappa shape index (κ1) is 12.6. The Morgan fingerprint density at radius 2 is 2.11 bits per heavy atom. The molecule has 1 atom stereocenters. The number of rotatable bonds is 3. The Morgan fingerprint density at radius 3 is 2.72 bits per heavy atom. The second-order valence-electron chi connectivity index (χ2n) is 4.35. The molecular weight excluding hydrogens is 240 g/mol. The summed E-state index contributed by atoms with van der Waals surface area (Å²) in [5.41, 5.74) is -1.64. The SMILES string of the molecule is Cn1ncnc1CC(C)(O)c1cccc(F)c1F. The summed E-state index contributed by atoms with van der Waals surface area (Å²) in [6.45, 7) is 1.42. The predicted octanol–water partition coefficient (Wildman–Crippen LogP) is 1.54. The highest BCUT2D eigenvalue weighted by molar-refractivity contribution is 5.25. The Balaban J connectivity index is 2.36. The van der Waals surface area contributed by atoms with Crippen molar-refractivity contribution in [1.29, 1.82) is 0 Å². The molecule has 1 aromatic carbocycles. The first-order chi connectivity index (χ1) is 8.42. The highest BCUT2D eigenvalue weighted by Crippen LogP contribution is 2.27. The van der Waals surface area contributed by atoms with Gasteiger partial charge in [-0.3, -0.25) is 4.68 Å². The number of aromatic nitrogens is 3. The largest absolute Gasteiger partial charge is 0.385 e. The second kappa shape index (κ2) is 4.45. The Morgan fingerprint density at radius 1 is 1.39 bits per heavy atom. The molecule has 0 aliphatic heterocycles. The standard InChI is InChI=1S/C12H13F2N3O/c1-12(18,6-10-15-7-16-17(10)2)8-4-3-5-9(13)11(8)14/h3-5,7,18H,6H2,1-2H3. The van der Waals surface area contributed by atoms with Crippen LogP contribution in [0.25, 0.3) is 0 Å². The van der Waals surface area contributed by atoms with E-state index in [9.17, 15) is 13.9 Å². The van der Waals surface area contributed by atoms with Gasteiger partial charge in [0.25, 0.3) is 0 Å². The normalized spacial score (nSPS) is 14.5. The molecule has 0 radical (unpaired) electrons. The lowest BCUT2D eigenvalue weighted by atomic mass is 9.91. The van der Waals surface area contributed by atoms with Crippen molar-refractivity contribution in [3.05, 3.63) is 47.5 Å². The number of hydrogen-bond donors (Lipinski definition) is 1. The van der Waals surface area contributed by atoms with Crippen molar-refractivity contribution in [3.63, 3.8) is 0 Å². The molecule has 0 saturated carbocycles. The van der Waals surface area contributed by atoms with E-state index >= 15 is 0 Å². The molecule has 0 fully saturated rings. The van der Waals surface area contributed by atoms with E-state index in [1.165, 1.54) is 30.1 Å². The molecule has 1 N–H and O–H groups in total. The van der Waals surface area contributed by atoms with Crippen LogP contribution in [0, 0.1) is 11.6 Å². The number of aliphatic hydroxyl groups is 1. The third-order valence-corrected chi connectivity index (χ3v) is 2.84. The van der Waals surface area contributed by atoms with Gasteiger partial charge >= 0.3 is 0 Å². The van der Waals surface area contributed by atoms with Crippen LogP contribution in [0.4, 0.5) is 8.78 Å². The Kier molecular flexibility index (Phi) is 3.13. The highest BCUT2D eigenvalue weighted by Gasteiger charge is 2.29. The molecule has 0 amide bonds. The van der Waals surface area contributed by atoms with E-state index in [1.54, 1.807) is 7.05 Å². The fourth-order valence-electron chi connectivity index (χ4n) is 1.80. The maximum atomic E-state index is 13.6. The summed E-state index contributed by atoms with van der Waals surface area (Å²) in [6, 6.07) is 3.73. The lowest BCUT2D eigenvalue weighted by Crippen LogP contribution is -2.27. The molecule has 18 heavy (non-hydrogen) atoms. The minimum absolute atomic E-state index is 0.0455. The number of halogens is 2. The van der Waals surface area contributed by atoms with Gasteiger partial charge in [-0.25, -0.2) is 13.8 Å². The monoisotopic (exact) mass is 253 g/mol. The van der Waals surface area contributed by atoms with Crippen molar-refractivity contribution < 1.29 is 13.9 Å². The van der Waals surface area contributed by atoms with Gasteiger partial charge in [-0.2, -0.15) is 5.10 Å². The van der Waals surface area contributed by atoms with Gasteiger partial charge in [0.1, 0.15) is 12.2 Å². The molecule has 1 aromatic heterocycles. The van der Waals surface area contributed by atoms with Gasteiger partial charge in [0.15, 0.2) is 11.6 Å². The molecule has 2 aromatic rings. The van der Waals surface area contributed by atoms with E-state index in [0.717, 1.165) is 6.07 Å². The van der Waals surface area contributed by atoms with Crippen LogP contribution in [0.2, 0.25) is 0 Å². The fourth-order valence-corrected chi connectivity index (χ4v) is 1.80. The first-order valence-corrected chi connectivity index (χ1v) is 5.41. The summed E-state index contributed by atoms with van der Waals surface area (Å²) in [4.78, 5) is 3.95. The van der Waals surface area contributed by atoms with Crippen molar-refractivity contribution in [2.24, 2.45) is 7.05 Å². The molecule has 96 valence electrons. The summed E-state index contributed by atoms with van der Waals surface area (Å²) in [5, 5.41) is 14.2. The smallest absolute Gasteiger partial charge is 0.164 e. The van der Waals surface area contributed by atoms with Crippen LogP contribution >= 0.6 is 0 Å². The summed E-state index contributed by atoms with van der Waals surface area (Å²) in [6.07, 6.45) is 1.39. The van der Waals surface area contributed by atoms with Gasteiger partial charge in [0, 0.05) is 19.0 Å². The van der Waals surface area contributed by atoms with Crippen molar-refractivity contribution in [3.8, 4) is 0 Å². The molecule has 2 rings (SSSR count). The topological polar surface area (TPSA) is 50.9 Å². The zero-order chi connectivity index (χ0) is 13.3. The van der Waals surface area contributed by atoms with E-state index in [-0.39, 0.29) is 12.0 Å². The van der Waals surface area contributed by atoms with Gasteiger partial charge in [-0.15, -0.1) is 0 Å². The molecule has 1 heterocycles. The summed E-state index contributed by atoms with van der Waals surface area (Å²) >= 11 is 0. The third kappa shape index (κ3) is 2.24. The van der Waals surface area contributed by atoms with Crippen LogP contribution < -0.4 is 0 Å². The van der Waals surface area contributed by atoms with E-state index in [1.807, 2.05) is 0 Å². The summed E-state index contributed by atoms with van der Waals surface area (Å²) < 4.78 is 28.3. The van der Waals surface area contributed by atoms with Crippen LogP contribution in [0.1, 0.15) is 18.3 Å². The third-order valence-electron chi connectivity index (χ3n) is 2.84. The van der Waals surface area contributed by atoms with Crippen LogP contribution in [0.3, 0.4) is 0 Å². The zero-order valence-corrected chi connectivity index (χ0v) is 10.1. The predicted molar refractivity (Wildman–Crippen MR) is 60.6 cm³/mol. The number of benzene rings is 1. The van der Waals surface area contributed by atoms with E-state index < -0.39 is 17.2 Å². The van der Waals surface area contributed by atoms with Gasteiger partial charge in [0.2, 0.25) is 0 Å². The van der Waals surface area contributed by atoms with Crippen molar-refractivity contribution in [2.75, 3.05) is 0 Å². The number of aryl methyl sites for hydroxylation is 1. The minimum Gasteiger partial charge on any atom is -0.385 e. The van der Waals surface area contributed by atoms with Crippen LogP contribution in [-0.4, -0.2) is 19.9 Å². The first-order valence-electron chi connectivity index (χ1n) is 5.41. The molecule has 0 spiro atoms. The average Bonchev–Trinajstić information content (AvgIpc) is 2.67. The van der Waals surface area contributed by atoms with Crippen molar-refractivity contribution in [2.45, 2.75) is 18.9 Å². The molecule has 0 bridgehead atoms. The number of hydrogen-bond acceptors (Lipinski definition) is 3. The van der Waals surface area contributed by atoms with Crippen molar-refractivity contribution in [1.82, 2.24) is 14.8 Å². The van der Waals surface area contributed by atoms with Crippen LogP contribution in [-0.2, 0) is 19.1 Å². The average molecular weight is 253 g/mol. The second-order valence-corrected chi connectivity index (χ2v) is 4.35. The van der Waals surface area contributed by atoms with Crippen LogP contribution in [0.15, 0.2) is 24.5 Å². The molecule has 4 nitrogen and oxygen atoms in total. The molecule has 1 unspecified atom stereocenters. The van der Waals surface area contributed by atoms with Crippen molar-refractivity contribution >= 4 is 0 Å². The van der Waals surface area contributed by atoms with Gasteiger partial charge < -0.3 is 5.11 Å². The van der Waals surface area contributed by atoms with E-state index in [2.05, 4.69) is 10.1 Å². The van der Waals surface area contributed by atoms with E-state index in [4.69, 9.17) is 0 Å². The molecule has 0 aliphatic carbocycles. The molecule has 0 aliphatic rings. The van der Waals surface area contributed by atoms with Gasteiger partial charge in [-0.05, 0) is 13.0 Å².